The van der Waals surface area contributed by atoms with Crippen molar-refractivity contribution in [3.8, 4) is 0 Å². The molecule has 1 aliphatic heterocycles. The van der Waals surface area contributed by atoms with Crippen LogP contribution in [-0.4, -0.2) is 46.7 Å². The molecular weight excluding hydrogens is 238 g/mol. The number of carboxylic acid groups (broad SMARTS) is 1. The zero-order valence-electron chi connectivity index (χ0n) is 9.81. The fraction of sp³-hybridized carbons (Fsp3) is 0.545. The molecule has 0 radical (unpaired) electrons. The normalized spacial score (nSPS) is 18.2. The molecule has 2 heterocycles. The second kappa shape index (κ2) is 5.18. The molecule has 7 heteroatoms. The number of ether oxygens (including phenoxy) is 1. The van der Waals surface area contributed by atoms with E-state index in [9.17, 15) is 14.7 Å². The highest BCUT2D eigenvalue weighted by molar-refractivity contribution is 5.92. The number of rotatable bonds is 4. The molecule has 1 aliphatic rings. The number of carbonyl (C=O) groups is 2. The first-order chi connectivity index (χ1) is 8.64. The average Bonchev–Trinajstić information content (AvgIpc) is 2.91. The van der Waals surface area contributed by atoms with Crippen molar-refractivity contribution in [2.45, 2.75) is 12.8 Å². The fourth-order valence-corrected chi connectivity index (χ4v) is 1.95. The summed E-state index contributed by atoms with van der Waals surface area (Å²) in [6.07, 6.45) is 3.61. The maximum atomic E-state index is 11.7. The van der Waals surface area contributed by atoms with E-state index in [0.717, 1.165) is 0 Å². The first-order valence-corrected chi connectivity index (χ1v) is 5.72. The van der Waals surface area contributed by atoms with Gasteiger partial charge in [-0.1, -0.05) is 0 Å². The van der Waals surface area contributed by atoms with Crippen molar-refractivity contribution in [3.63, 3.8) is 0 Å². The molecule has 1 aromatic rings. The fourth-order valence-electron chi connectivity index (χ4n) is 1.95. The molecule has 7 nitrogen and oxygen atoms in total. The van der Waals surface area contributed by atoms with Gasteiger partial charge in [0, 0.05) is 19.8 Å². The van der Waals surface area contributed by atoms with Gasteiger partial charge in [0.25, 0.3) is 5.91 Å². The Kier molecular flexibility index (Phi) is 3.61. The molecule has 0 saturated carbocycles. The van der Waals surface area contributed by atoms with Gasteiger partial charge in [0.05, 0.1) is 17.9 Å². The van der Waals surface area contributed by atoms with E-state index >= 15 is 0 Å². The van der Waals surface area contributed by atoms with Crippen LogP contribution in [0.25, 0.3) is 0 Å². The van der Waals surface area contributed by atoms with Crippen molar-refractivity contribution in [1.29, 1.82) is 0 Å². The Bertz CT molecular complexity index is 424. The molecule has 0 aliphatic carbocycles. The van der Waals surface area contributed by atoms with Gasteiger partial charge in [-0.3, -0.25) is 9.59 Å². The summed E-state index contributed by atoms with van der Waals surface area (Å²) in [7, 11) is 0. The summed E-state index contributed by atoms with van der Waals surface area (Å²) in [5.41, 5.74) is -0.601. The van der Waals surface area contributed by atoms with Crippen molar-refractivity contribution in [2.24, 2.45) is 5.41 Å². The monoisotopic (exact) mass is 253 g/mol. The third kappa shape index (κ3) is 2.51. The molecule has 1 aromatic heterocycles. The van der Waals surface area contributed by atoms with Crippen LogP contribution in [0, 0.1) is 5.41 Å². The van der Waals surface area contributed by atoms with Gasteiger partial charge in [-0.25, -0.2) is 4.98 Å². The average molecular weight is 253 g/mol. The van der Waals surface area contributed by atoms with Crippen LogP contribution in [0.3, 0.4) is 0 Å². The highest BCUT2D eigenvalue weighted by Gasteiger charge is 2.40. The number of carbonyl (C=O) groups excluding carboxylic acids is 1. The lowest BCUT2D eigenvalue weighted by atomic mass is 9.80. The Hall–Kier alpha value is -1.89. The van der Waals surface area contributed by atoms with E-state index in [1.165, 1.54) is 12.5 Å². The predicted octanol–water partition coefficient (Wildman–Crippen LogP) is 0.0209. The summed E-state index contributed by atoms with van der Waals surface area (Å²) in [5, 5.41) is 11.9. The van der Waals surface area contributed by atoms with Crippen LogP contribution < -0.4 is 5.32 Å². The third-order valence-corrected chi connectivity index (χ3v) is 3.23. The van der Waals surface area contributed by atoms with Gasteiger partial charge in [0.1, 0.15) is 5.69 Å². The van der Waals surface area contributed by atoms with Gasteiger partial charge < -0.3 is 20.1 Å². The van der Waals surface area contributed by atoms with Crippen molar-refractivity contribution in [1.82, 2.24) is 15.3 Å². The molecule has 1 saturated heterocycles. The van der Waals surface area contributed by atoms with Gasteiger partial charge >= 0.3 is 5.97 Å². The van der Waals surface area contributed by atoms with Crippen LogP contribution >= 0.6 is 0 Å². The highest BCUT2D eigenvalue weighted by atomic mass is 16.5. The number of nitrogens with zero attached hydrogens (tertiary/aromatic N) is 1. The molecule has 2 rings (SSSR count). The Balaban J connectivity index is 1.98. The number of aromatic nitrogens is 2. The largest absolute Gasteiger partial charge is 0.481 e. The number of H-pyrrole nitrogens is 1. The Morgan fingerprint density at radius 2 is 2.22 bits per heavy atom. The van der Waals surface area contributed by atoms with Crippen LogP contribution in [-0.2, 0) is 9.53 Å². The molecule has 0 spiro atoms. The van der Waals surface area contributed by atoms with Crippen molar-refractivity contribution >= 4 is 11.9 Å². The van der Waals surface area contributed by atoms with Gasteiger partial charge in [0.15, 0.2) is 0 Å². The molecule has 1 fully saturated rings. The van der Waals surface area contributed by atoms with Crippen LogP contribution in [0.1, 0.15) is 23.3 Å². The van der Waals surface area contributed by atoms with Crippen molar-refractivity contribution < 1.29 is 19.4 Å². The lowest BCUT2D eigenvalue weighted by Gasteiger charge is -2.33. The number of imidazole rings is 1. The highest BCUT2D eigenvalue weighted by Crippen LogP contribution is 2.30. The second-order valence-electron chi connectivity index (χ2n) is 4.35. The molecule has 1 amide bonds. The lowest BCUT2D eigenvalue weighted by molar-refractivity contribution is -0.154. The second-order valence-corrected chi connectivity index (χ2v) is 4.35. The summed E-state index contributed by atoms with van der Waals surface area (Å²) in [6.45, 7) is 0.919. The Labute approximate surface area is 104 Å². The number of nitrogens with one attached hydrogen (secondary N) is 2. The van der Waals surface area contributed by atoms with Crippen LogP contribution in [0.2, 0.25) is 0 Å². The number of aromatic amines is 1. The summed E-state index contributed by atoms with van der Waals surface area (Å²) >= 11 is 0. The van der Waals surface area contributed by atoms with Gasteiger partial charge in [-0.15, -0.1) is 0 Å². The summed E-state index contributed by atoms with van der Waals surface area (Å²) in [5.74, 6) is -1.24. The van der Waals surface area contributed by atoms with E-state index in [0.29, 0.717) is 31.7 Å². The first kappa shape index (κ1) is 12.6. The zero-order chi connectivity index (χ0) is 13.0. The molecule has 18 heavy (non-hydrogen) atoms. The van der Waals surface area contributed by atoms with E-state index in [1.54, 1.807) is 0 Å². The van der Waals surface area contributed by atoms with E-state index in [1.807, 2.05) is 0 Å². The number of carboxylic acids is 1. The summed E-state index contributed by atoms with van der Waals surface area (Å²) in [4.78, 5) is 29.5. The van der Waals surface area contributed by atoms with E-state index in [2.05, 4.69) is 15.3 Å². The van der Waals surface area contributed by atoms with Crippen LogP contribution in [0.5, 0.6) is 0 Å². The SMILES string of the molecule is O=C(NCC1(C(=O)O)CCOCC1)c1cnc[nH]1. The zero-order valence-corrected chi connectivity index (χ0v) is 9.81. The smallest absolute Gasteiger partial charge is 0.311 e. The maximum absolute atomic E-state index is 11.7. The summed E-state index contributed by atoms with van der Waals surface area (Å²) < 4.78 is 5.16. The molecule has 3 N–H and O–H groups in total. The number of hydrogen-bond donors (Lipinski definition) is 3. The molecule has 98 valence electrons. The minimum absolute atomic E-state index is 0.101. The Morgan fingerprint density at radius 3 is 2.78 bits per heavy atom. The molecule has 0 aromatic carbocycles. The third-order valence-electron chi connectivity index (χ3n) is 3.23. The van der Waals surface area contributed by atoms with E-state index in [4.69, 9.17) is 4.74 Å². The molecular formula is C11H15N3O4. The van der Waals surface area contributed by atoms with E-state index in [-0.39, 0.29) is 12.5 Å². The van der Waals surface area contributed by atoms with Crippen LogP contribution in [0.15, 0.2) is 12.5 Å². The van der Waals surface area contributed by atoms with E-state index < -0.39 is 11.4 Å². The molecule has 0 atom stereocenters. The van der Waals surface area contributed by atoms with Gasteiger partial charge in [-0.2, -0.15) is 0 Å². The van der Waals surface area contributed by atoms with Gasteiger partial charge in [0.2, 0.25) is 0 Å². The molecule has 0 unspecified atom stereocenters. The summed E-state index contributed by atoms with van der Waals surface area (Å²) in [6, 6.07) is 0. The first-order valence-electron chi connectivity index (χ1n) is 5.72. The number of amides is 1. The lowest BCUT2D eigenvalue weighted by Crippen LogP contribution is -2.46. The Morgan fingerprint density at radius 1 is 1.50 bits per heavy atom. The maximum Gasteiger partial charge on any atom is 0.311 e. The minimum atomic E-state index is -0.923. The van der Waals surface area contributed by atoms with Crippen LogP contribution in [0.4, 0.5) is 0 Å². The van der Waals surface area contributed by atoms with Gasteiger partial charge in [-0.05, 0) is 12.8 Å². The predicted molar refractivity (Wildman–Crippen MR) is 61.0 cm³/mol. The molecule has 0 bridgehead atoms. The topological polar surface area (TPSA) is 104 Å². The van der Waals surface area contributed by atoms with Crippen molar-refractivity contribution in [3.05, 3.63) is 18.2 Å². The number of aliphatic carboxylic acids is 1. The quantitative estimate of drug-likeness (QED) is 0.701. The van der Waals surface area contributed by atoms with Crippen molar-refractivity contribution in [2.75, 3.05) is 19.8 Å². The number of hydrogen-bond acceptors (Lipinski definition) is 4. The minimum Gasteiger partial charge on any atom is -0.481 e. The standard InChI is InChI=1S/C11H15N3O4/c15-9(8-5-12-7-14-8)13-6-11(10(16)17)1-3-18-4-2-11/h5,7H,1-4,6H2,(H,12,14)(H,13,15)(H,16,17).